The van der Waals surface area contributed by atoms with Gasteiger partial charge >= 0.3 is 0 Å². The van der Waals surface area contributed by atoms with Crippen molar-refractivity contribution in [2.75, 3.05) is 26.7 Å². The first-order chi connectivity index (χ1) is 12.2. The highest BCUT2D eigenvalue weighted by molar-refractivity contribution is 5.11. The lowest BCUT2D eigenvalue weighted by Crippen LogP contribution is -2.36. The second kappa shape index (κ2) is 7.20. The molecule has 2 fully saturated rings. The van der Waals surface area contributed by atoms with Crippen molar-refractivity contribution < 1.29 is 4.74 Å². The molecule has 0 N–H and O–H groups in total. The van der Waals surface area contributed by atoms with Crippen LogP contribution in [0.3, 0.4) is 0 Å². The van der Waals surface area contributed by atoms with Crippen molar-refractivity contribution in [2.24, 2.45) is 0 Å². The smallest absolute Gasteiger partial charge is 0.0837 e. The standard InChI is InChI=1S/C20H26N4O/c1-23(14-18-4-2-3-8-22-18)19-12-20(25-15-19)7-11-24(16-20)13-17-5-9-21-10-6-17/h2-6,8-10,19H,7,11-16H2,1H3/t19-,20+/m0/s1. The van der Waals surface area contributed by atoms with E-state index in [1.807, 2.05) is 24.7 Å². The zero-order chi connectivity index (χ0) is 17.1. The number of ether oxygens (including phenoxy) is 1. The summed E-state index contributed by atoms with van der Waals surface area (Å²) in [6.45, 7) is 4.84. The fourth-order valence-corrected chi connectivity index (χ4v) is 4.07. The van der Waals surface area contributed by atoms with Crippen molar-refractivity contribution in [3.63, 3.8) is 0 Å². The van der Waals surface area contributed by atoms with E-state index in [1.165, 1.54) is 5.56 Å². The zero-order valence-electron chi connectivity index (χ0n) is 14.8. The molecule has 0 bridgehead atoms. The van der Waals surface area contributed by atoms with Gasteiger partial charge in [-0.25, -0.2) is 0 Å². The lowest BCUT2D eigenvalue weighted by molar-refractivity contribution is 0.0102. The number of likely N-dealkylation sites (N-methyl/N-ethyl adjacent to an activating group) is 1. The van der Waals surface area contributed by atoms with Gasteiger partial charge < -0.3 is 4.74 Å². The molecule has 0 unspecified atom stereocenters. The van der Waals surface area contributed by atoms with E-state index in [9.17, 15) is 0 Å². The number of hydrogen-bond acceptors (Lipinski definition) is 5. The topological polar surface area (TPSA) is 41.5 Å². The van der Waals surface area contributed by atoms with E-state index in [2.05, 4.69) is 51.1 Å². The van der Waals surface area contributed by atoms with Gasteiger partial charge in [-0.15, -0.1) is 0 Å². The van der Waals surface area contributed by atoms with E-state index < -0.39 is 0 Å². The highest BCUT2D eigenvalue weighted by Crippen LogP contribution is 2.37. The Balaban J connectivity index is 1.32. The summed E-state index contributed by atoms with van der Waals surface area (Å²) in [6, 6.07) is 10.8. The van der Waals surface area contributed by atoms with Gasteiger partial charge in [-0.1, -0.05) is 6.07 Å². The Bertz CT molecular complexity index is 681. The molecule has 1 spiro atoms. The third-order valence-corrected chi connectivity index (χ3v) is 5.50. The van der Waals surface area contributed by atoms with Gasteiger partial charge in [-0.3, -0.25) is 19.8 Å². The maximum absolute atomic E-state index is 6.32. The summed E-state index contributed by atoms with van der Waals surface area (Å²) in [6.07, 6.45) is 7.85. The molecule has 0 radical (unpaired) electrons. The number of pyridine rings is 2. The maximum Gasteiger partial charge on any atom is 0.0837 e. The summed E-state index contributed by atoms with van der Waals surface area (Å²) < 4.78 is 6.32. The average Bonchev–Trinajstić information content (AvgIpc) is 3.24. The minimum absolute atomic E-state index is 0.0378. The maximum atomic E-state index is 6.32. The summed E-state index contributed by atoms with van der Waals surface area (Å²) in [4.78, 5) is 13.4. The SMILES string of the molecule is CN(Cc1ccccn1)[C@@H]1CO[C@]2(CCN(Cc3ccncc3)C2)C1. The fourth-order valence-electron chi connectivity index (χ4n) is 4.07. The Morgan fingerprint density at radius 2 is 2.12 bits per heavy atom. The van der Waals surface area contributed by atoms with Crippen LogP contribution in [0.2, 0.25) is 0 Å². The average molecular weight is 338 g/mol. The van der Waals surface area contributed by atoms with Crippen LogP contribution in [0.15, 0.2) is 48.9 Å². The number of hydrogen-bond donors (Lipinski definition) is 0. The third kappa shape index (κ3) is 3.89. The van der Waals surface area contributed by atoms with E-state index in [4.69, 9.17) is 4.74 Å². The van der Waals surface area contributed by atoms with Crippen molar-refractivity contribution >= 4 is 0 Å². The number of rotatable bonds is 5. The van der Waals surface area contributed by atoms with Crippen LogP contribution in [0, 0.1) is 0 Å². The molecule has 4 heterocycles. The first kappa shape index (κ1) is 16.6. The molecule has 4 rings (SSSR count). The molecule has 0 saturated carbocycles. The molecule has 0 amide bonds. The molecule has 5 nitrogen and oxygen atoms in total. The van der Waals surface area contributed by atoms with Crippen LogP contribution in [0.25, 0.3) is 0 Å². The van der Waals surface area contributed by atoms with Crippen molar-refractivity contribution in [3.8, 4) is 0 Å². The fraction of sp³-hybridized carbons (Fsp3) is 0.500. The minimum Gasteiger partial charge on any atom is -0.372 e. The Labute approximate surface area is 149 Å². The quantitative estimate of drug-likeness (QED) is 0.837. The lowest BCUT2D eigenvalue weighted by Gasteiger charge is -2.26. The molecular weight excluding hydrogens is 312 g/mol. The van der Waals surface area contributed by atoms with Crippen molar-refractivity contribution in [1.29, 1.82) is 0 Å². The minimum atomic E-state index is 0.0378. The lowest BCUT2D eigenvalue weighted by atomic mass is 9.96. The van der Waals surface area contributed by atoms with Gasteiger partial charge in [0.15, 0.2) is 0 Å². The van der Waals surface area contributed by atoms with Gasteiger partial charge in [0.1, 0.15) is 0 Å². The van der Waals surface area contributed by atoms with Crippen molar-refractivity contribution in [2.45, 2.75) is 37.6 Å². The Morgan fingerprint density at radius 3 is 2.92 bits per heavy atom. The molecule has 0 aliphatic carbocycles. The second-order valence-corrected chi connectivity index (χ2v) is 7.40. The molecule has 132 valence electrons. The summed E-state index contributed by atoms with van der Waals surface area (Å²) in [7, 11) is 2.19. The van der Waals surface area contributed by atoms with Crippen molar-refractivity contribution in [1.82, 2.24) is 19.8 Å². The normalized spacial score (nSPS) is 26.7. The number of likely N-dealkylation sites (tertiary alicyclic amines) is 1. The van der Waals surface area contributed by atoms with Crippen LogP contribution in [0.1, 0.15) is 24.1 Å². The van der Waals surface area contributed by atoms with Gasteiger partial charge in [0.2, 0.25) is 0 Å². The molecule has 0 aromatic carbocycles. The van der Waals surface area contributed by atoms with Crippen LogP contribution in [0.5, 0.6) is 0 Å². The van der Waals surface area contributed by atoms with Crippen LogP contribution < -0.4 is 0 Å². The first-order valence-corrected chi connectivity index (χ1v) is 9.08. The highest BCUT2D eigenvalue weighted by Gasteiger charge is 2.46. The second-order valence-electron chi connectivity index (χ2n) is 7.40. The molecule has 2 saturated heterocycles. The molecule has 2 aromatic heterocycles. The Kier molecular flexibility index (Phi) is 4.79. The first-order valence-electron chi connectivity index (χ1n) is 9.08. The molecule has 2 atom stereocenters. The molecular formula is C20H26N4O. The number of nitrogens with zero attached hydrogens (tertiary/aromatic N) is 4. The van der Waals surface area contributed by atoms with Gasteiger partial charge in [0.05, 0.1) is 17.9 Å². The van der Waals surface area contributed by atoms with Gasteiger partial charge in [0.25, 0.3) is 0 Å². The molecule has 2 aliphatic rings. The predicted molar refractivity (Wildman–Crippen MR) is 96.9 cm³/mol. The predicted octanol–water partition coefficient (Wildman–Crippen LogP) is 2.34. The summed E-state index contributed by atoms with van der Waals surface area (Å²) >= 11 is 0. The number of aromatic nitrogens is 2. The van der Waals surface area contributed by atoms with Crippen molar-refractivity contribution in [3.05, 3.63) is 60.2 Å². The van der Waals surface area contributed by atoms with E-state index in [0.29, 0.717) is 6.04 Å². The van der Waals surface area contributed by atoms with Gasteiger partial charge in [-0.05, 0) is 49.7 Å². The van der Waals surface area contributed by atoms with E-state index in [0.717, 1.165) is 51.3 Å². The van der Waals surface area contributed by atoms with Crippen LogP contribution in [-0.2, 0) is 17.8 Å². The van der Waals surface area contributed by atoms with Crippen LogP contribution >= 0.6 is 0 Å². The monoisotopic (exact) mass is 338 g/mol. The summed E-state index contributed by atoms with van der Waals surface area (Å²) in [5, 5.41) is 0. The van der Waals surface area contributed by atoms with E-state index >= 15 is 0 Å². The largest absolute Gasteiger partial charge is 0.372 e. The third-order valence-electron chi connectivity index (χ3n) is 5.50. The van der Waals surface area contributed by atoms with E-state index in [1.54, 1.807) is 0 Å². The van der Waals surface area contributed by atoms with E-state index in [-0.39, 0.29) is 5.60 Å². The Morgan fingerprint density at radius 1 is 1.24 bits per heavy atom. The Hall–Kier alpha value is -1.82. The van der Waals surface area contributed by atoms with Gasteiger partial charge in [-0.2, -0.15) is 0 Å². The van der Waals surface area contributed by atoms with Gasteiger partial charge in [0, 0.05) is 50.8 Å². The molecule has 5 heteroatoms. The van der Waals surface area contributed by atoms with Crippen LogP contribution in [-0.4, -0.2) is 58.2 Å². The van der Waals surface area contributed by atoms with Crippen LogP contribution in [0.4, 0.5) is 0 Å². The molecule has 2 aromatic rings. The summed E-state index contributed by atoms with van der Waals surface area (Å²) in [5.74, 6) is 0. The zero-order valence-corrected chi connectivity index (χ0v) is 14.8. The molecule has 25 heavy (non-hydrogen) atoms. The summed E-state index contributed by atoms with van der Waals surface area (Å²) in [5.41, 5.74) is 2.49. The highest BCUT2D eigenvalue weighted by atomic mass is 16.5. The molecule has 2 aliphatic heterocycles.